The van der Waals surface area contributed by atoms with Crippen molar-refractivity contribution in [1.82, 2.24) is 0 Å². The van der Waals surface area contributed by atoms with Crippen molar-refractivity contribution in [3.8, 4) is 33.4 Å². The van der Waals surface area contributed by atoms with Crippen molar-refractivity contribution in [2.75, 3.05) is 0 Å². The molecule has 0 aliphatic heterocycles. The number of fused-ring (bicyclic) bond motifs is 9. The summed E-state index contributed by atoms with van der Waals surface area (Å²) < 4.78 is 2.71. The summed E-state index contributed by atoms with van der Waals surface area (Å²) in [5, 5.41) is 15.8. The van der Waals surface area contributed by atoms with E-state index < -0.39 is 0 Å². The highest BCUT2D eigenvalue weighted by molar-refractivity contribution is 7.26. The van der Waals surface area contributed by atoms with Gasteiger partial charge in [-0.3, -0.25) is 0 Å². The molecule has 0 saturated carbocycles. The van der Waals surface area contributed by atoms with Gasteiger partial charge in [-0.25, -0.2) is 0 Å². The monoisotopic (exact) mass is 676 g/mol. The number of thiophene rings is 1. The third kappa shape index (κ3) is 3.61. The second kappa shape index (κ2) is 10.1. The Kier molecular flexibility index (Phi) is 5.55. The predicted octanol–water partition coefficient (Wildman–Crippen LogP) is 14.9. The Morgan fingerprint density at radius 2 is 0.962 bits per heavy atom. The Hall–Kier alpha value is -6.02. The molecule has 0 spiro atoms. The highest BCUT2D eigenvalue weighted by Gasteiger charge is 2.38. The Bertz CT molecular complexity index is 3320. The summed E-state index contributed by atoms with van der Waals surface area (Å²) in [5.41, 5.74) is 10.8. The smallest absolute Gasteiger partial charge is 0.0365 e. The standard InChI is InChI=1S/C51H32S/c1-51(2)42-17-9-7-15-39(42)48-43(51)28-45-49(40-16-8-10-18-44(40)52-45)50(48)38-26-22-30-20-24-36-35(23-19-29-21-25-37(38)47(30)46(29)36)41-27-31-11-3-4-12-32(31)33-13-5-6-14-34(33)41/h3-28H,1-2H3. The van der Waals surface area contributed by atoms with E-state index in [2.05, 4.69) is 172 Å². The molecule has 0 saturated heterocycles. The van der Waals surface area contributed by atoms with Crippen LogP contribution < -0.4 is 0 Å². The van der Waals surface area contributed by atoms with Gasteiger partial charge in [0.05, 0.1) is 0 Å². The summed E-state index contributed by atoms with van der Waals surface area (Å²) in [6.07, 6.45) is 0. The Morgan fingerprint density at radius 1 is 0.346 bits per heavy atom. The van der Waals surface area contributed by atoms with Crippen LogP contribution >= 0.6 is 11.3 Å². The first-order chi connectivity index (χ1) is 25.6. The lowest BCUT2D eigenvalue weighted by atomic mass is 9.80. The van der Waals surface area contributed by atoms with Crippen LogP contribution in [0.25, 0.3) is 107 Å². The molecule has 1 aliphatic carbocycles. The zero-order valence-corrected chi connectivity index (χ0v) is 29.7. The molecule has 1 heteroatoms. The fourth-order valence-corrected chi connectivity index (χ4v) is 11.0. The third-order valence-corrected chi connectivity index (χ3v) is 13.3. The Balaban J connectivity index is 1.22. The van der Waals surface area contributed by atoms with E-state index in [-0.39, 0.29) is 5.41 Å². The highest BCUT2D eigenvalue weighted by Crippen LogP contribution is 2.57. The number of benzene rings is 10. The summed E-state index contributed by atoms with van der Waals surface area (Å²) >= 11 is 1.93. The lowest BCUT2D eigenvalue weighted by Crippen LogP contribution is -2.14. The molecule has 0 N–H and O–H groups in total. The van der Waals surface area contributed by atoms with E-state index in [9.17, 15) is 0 Å². The van der Waals surface area contributed by atoms with Gasteiger partial charge in [-0.1, -0.05) is 153 Å². The van der Waals surface area contributed by atoms with E-state index >= 15 is 0 Å². The molecule has 242 valence electrons. The van der Waals surface area contributed by atoms with Crippen molar-refractivity contribution < 1.29 is 0 Å². The van der Waals surface area contributed by atoms with Crippen LogP contribution in [-0.4, -0.2) is 0 Å². The van der Waals surface area contributed by atoms with Crippen LogP contribution in [0.1, 0.15) is 25.0 Å². The molecule has 52 heavy (non-hydrogen) atoms. The number of hydrogen-bond acceptors (Lipinski definition) is 1. The summed E-state index contributed by atoms with van der Waals surface area (Å²) in [7, 11) is 0. The van der Waals surface area contributed by atoms with Gasteiger partial charge in [-0.05, 0) is 117 Å². The fraction of sp³-hybridized carbons (Fsp3) is 0.0588. The van der Waals surface area contributed by atoms with Gasteiger partial charge >= 0.3 is 0 Å². The zero-order chi connectivity index (χ0) is 34.3. The second-order valence-corrected chi connectivity index (χ2v) is 16.2. The molecule has 0 bridgehead atoms. The second-order valence-electron chi connectivity index (χ2n) is 15.2. The van der Waals surface area contributed by atoms with Crippen molar-refractivity contribution in [3.05, 3.63) is 169 Å². The third-order valence-electron chi connectivity index (χ3n) is 12.2. The van der Waals surface area contributed by atoms with Crippen LogP contribution in [-0.2, 0) is 5.41 Å². The van der Waals surface area contributed by atoms with Gasteiger partial charge in [0.25, 0.3) is 0 Å². The van der Waals surface area contributed by atoms with Crippen LogP contribution in [0.2, 0.25) is 0 Å². The zero-order valence-electron chi connectivity index (χ0n) is 28.9. The lowest BCUT2D eigenvalue weighted by molar-refractivity contribution is 0.661. The maximum Gasteiger partial charge on any atom is 0.0365 e. The Labute approximate surface area is 305 Å². The molecule has 0 unspecified atom stereocenters. The van der Waals surface area contributed by atoms with Gasteiger partial charge < -0.3 is 0 Å². The molecule has 1 aromatic heterocycles. The van der Waals surface area contributed by atoms with E-state index in [0.717, 1.165) is 0 Å². The first kappa shape index (κ1) is 28.7. The summed E-state index contributed by atoms with van der Waals surface area (Å²) in [5.74, 6) is 0. The average molecular weight is 677 g/mol. The average Bonchev–Trinajstić information content (AvgIpc) is 3.67. The van der Waals surface area contributed by atoms with Crippen LogP contribution in [0.4, 0.5) is 0 Å². The molecule has 0 nitrogen and oxygen atoms in total. The highest BCUT2D eigenvalue weighted by atomic mass is 32.1. The molecule has 1 aliphatic rings. The minimum atomic E-state index is -0.0909. The van der Waals surface area contributed by atoms with Crippen LogP contribution in [0.5, 0.6) is 0 Å². The molecule has 1 heterocycles. The van der Waals surface area contributed by atoms with Gasteiger partial charge in [0.15, 0.2) is 0 Å². The molecular formula is C51H32S. The minimum Gasteiger partial charge on any atom is -0.135 e. The van der Waals surface area contributed by atoms with Gasteiger partial charge in [0.1, 0.15) is 0 Å². The maximum absolute atomic E-state index is 2.51. The minimum absolute atomic E-state index is 0.0909. The molecular weight excluding hydrogens is 645 g/mol. The molecule has 12 rings (SSSR count). The van der Waals surface area contributed by atoms with Crippen molar-refractivity contribution in [2.24, 2.45) is 0 Å². The topological polar surface area (TPSA) is 0 Å². The van der Waals surface area contributed by atoms with Crippen LogP contribution in [0, 0.1) is 0 Å². The largest absolute Gasteiger partial charge is 0.135 e. The van der Waals surface area contributed by atoms with Gasteiger partial charge in [-0.15, -0.1) is 11.3 Å². The number of hydrogen-bond donors (Lipinski definition) is 0. The van der Waals surface area contributed by atoms with E-state index in [1.54, 1.807) is 0 Å². The molecule has 0 amide bonds. The first-order valence-corrected chi connectivity index (χ1v) is 19.1. The fourth-order valence-electron chi connectivity index (χ4n) is 9.85. The van der Waals surface area contributed by atoms with E-state index in [1.807, 2.05) is 11.3 Å². The van der Waals surface area contributed by atoms with Gasteiger partial charge in [0, 0.05) is 25.6 Å². The van der Waals surface area contributed by atoms with Gasteiger partial charge in [0.2, 0.25) is 0 Å². The number of rotatable bonds is 2. The lowest BCUT2D eigenvalue weighted by Gasteiger charge is -2.23. The molecule has 0 radical (unpaired) electrons. The molecule has 10 aromatic carbocycles. The molecule has 0 fully saturated rings. The van der Waals surface area contributed by atoms with Crippen molar-refractivity contribution in [3.63, 3.8) is 0 Å². The quantitative estimate of drug-likeness (QED) is 0.160. The molecule has 11 aromatic rings. The van der Waals surface area contributed by atoms with Crippen molar-refractivity contribution in [1.29, 1.82) is 0 Å². The van der Waals surface area contributed by atoms with Crippen LogP contribution in [0.15, 0.2) is 158 Å². The van der Waals surface area contributed by atoms with Gasteiger partial charge in [-0.2, -0.15) is 0 Å². The summed E-state index contributed by atoms with van der Waals surface area (Å²) in [4.78, 5) is 0. The van der Waals surface area contributed by atoms with E-state index in [1.165, 1.54) is 119 Å². The summed E-state index contributed by atoms with van der Waals surface area (Å²) in [6, 6.07) is 59.7. The van der Waals surface area contributed by atoms with E-state index in [0.29, 0.717) is 0 Å². The van der Waals surface area contributed by atoms with Crippen molar-refractivity contribution in [2.45, 2.75) is 19.3 Å². The van der Waals surface area contributed by atoms with E-state index in [4.69, 9.17) is 0 Å². The maximum atomic E-state index is 2.51. The SMILES string of the molecule is CC1(C)c2ccccc2-c2c1cc1sc3ccccc3c1c2-c1ccc2ccc3c(-c4cc5ccccc5c5ccccc45)ccc4ccc1c2c43. The van der Waals surface area contributed by atoms with Crippen molar-refractivity contribution >= 4 is 85.4 Å². The first-order valence-electron chi connectivity index (χ1n) is 18.3. The Morgan fingerprint density at radius 3 is 1.77 bits per heavy atom. The summed E-state index contributed by atoms with van der Waals surface area (Å²) in [6.45, 7) is 4.81. The molecule has 0 atom stereocenters. The predicted molar refractivity (Wildman–Crippen MR) is 226 cm³/mol. The van der Waals surface area contributed by atoms with Crippen LogP contribution in [0.3, 0.4) is 0 Å². The normalized spacial score (nSPS) is 13.7.